The molecule has 2 heterocycles. The monoisotopic (exact) mass is 377 g/mol. The van der Waals surface area contributed by atoms with Crippen LogP contribution in [0.5, 0.6) is 0 Å². The van der Waals surface area contributed by atoms with Gasteiger partial charge < -0.3 is 9.84 Å². The number of benzene rings is 1. The van der Waals surface area contributed by atoms with Crippen LogP contribution in [0.4, 0.5) is 4.39 Å². The standard InChI is InChI=1S/C17H13ClFN3O2S/c18-10-3-5-13(19)12(7-10)16(23)20-8-11-4-6-14(25-11)17-21-15(22-24-17)9-1-2-9/h3-7,9H,1-2,8H2,(H,20,23). The van der Waals surface area contributed by atoms with Crippen LogP contribution in [0, 0.1) is 5.82 Å². The van der Waals surface area contributed by atoms with Crippen molar-refractivity contribution < 1.29 is 13.7 Å². The van der Waals surface area contributed by atoms with E-state index in [1.807, 2.05) is 12.1 Å². The van der Waals surface area contributed by atoms with Gasteiger partial charge >= 0.3 is 0 Å². The summed E-state index contributed by atoms with van der Waals surface area (Å²) < 4.78 is 19.0. The summed E-state index contributed by atoms with van der Waals surface area (Å²) in [5, 5.41) is 6.99. The SMILES string of the molecule is O=C(NCc1ccc(-c2nc(C3CC3)no2)s1)c1cc(Cl)ccc1F. The van der Waals surface area contributed by atoms with E-state index in [2.05, 4.69) is 15.5 Å². The van der Waals surface area contributed by atoms with E-state index < -0.39 is 11.7 Å². The summed E-state index contributed by atoms with van der Waals surface area (Å²) in [4.78, 5) is 18.3. The molecule has 0 aliphatic heterocycles. The number of hydrogen-bond donors (Lipinski definition) is 1. The molecule has 0 unspecified atom stereocenters. The molecule has 0 saturated heterocycles. The highest BCUT2D eigenvalue weighted by Crippen LogP contribution is 2.39. The Labute approximate surface area is 151 Å². The van der Waals surface area contributed by atoms with Crippen LogP contribution >= 0.6 is 22.9 Å². The zero-order valence-corrected chi connectivity index (χ0v) is 14.5. The van der Waals surface area contributed by atoms with Crippen LogP contribution in [0.2, 0.25) is 5.02 Å². The Hall–Kier alpha value is -2.25. The molecule has 128 valence electrons. The van der Waals surface area contributed by atoms with Crippen LogP contribution in [0.15, 0.2) is 34.9 Å². The first-order valence-electron chi connectivity index (χ1n) is 7.76. The normalized spacial score (nSPS) is 13.8. The van der Waals surface area contributed by atoms with Crippen LogP contribution in [0.3, 0.4) is 0 Å². The first kappa shape index (κ1) is 16.2. The van der Waals surface area contributed by atoms with Gasteiger partial charge in [-0.15, -0.1) is 11.3 Å². The number of nitrogens with zero attached hydrogens (tertiary/aromatic N) is 2. The van der Waals surface area contributed by atoms with Crippen molar-refractivity contribution in [1.82, 2.24) is 15.5 Å². The predicted octanol–water partition coefficient (Wildman–Crippen LogP) is 4.40. The third kappa shape index (κ3) is 3.57. The average molecular weight is 378 g/mol. The lowest BCUT2D eigenvalue weighted by Gasteiger charge is -2.05. The molecular weight excluding hydrogens is 365 g/mol. The van der Waals surface area contributed by atoms with E-state index in [4.69, 9.17) is 16.1 Å². The van der Waals surface area contributed by atoms with Gasteiger partial charge in [-0.1, -0.05) is 16.8 Å². The smallest absolute Gasteiger partial charge is 0.268 e. The molecule has 1 fully saturated rings. The summed E-state index contributed by atoms with van der Waals surface area (Å²) in [7, 11) is 0. The molecule has 1 aliphatic carbocycles. The summed E-state index contributed by atoms with van der Waals surface area (Å²) >= 11 is 7.26. The molecule has 8 heteroatoms. The highest BCUT2D eigenvalue weighted by Gasteiger charge is 2.29. The third-order valence-corrected chi connectivity index (χ3v) is 5.16. The Kier molecular flexibility index (Phi) is 4.27. The number of hydrogen-bond acceptors (Lipinski definition) is 5. The molecule has 3 aromatic rings. The number of carbonyl (C=O) groups is 1. The van der Waals surface area contributed by atoms with E-state index in [0.29, 0.717) is 16.8 Å². The molecular formula is C17H13ClFN3O2S. The van der Waals surface area contributed by atoms with Crippen molar-refractivity contribution in [2.75, 3.05) is 0 Å². The maximum Gasteiger partial charge on any atom is 0.268 e. The van der Waals surface area contributed by atoms with Gasteiger partial charge in [0, 0.05) is 15.8 Å². The van der Waals surface area contributed by atoms with Gasteiger partial charge in [0.25, 0.3) is 11.8 Å². The van der Waals surface area contributed by atoms with Gasteiger partial charge in [-0.05, 0) is 43.2 Å². The molecule has 0 bridgehead atoms. The Bertz CT molecular complexity index is 936. The minimum atomic E-state index is -0.604. The minimum Gasteiger partial charge on any atom is -0.347 e. The number of carbonyl (C=O) groups excluding carboxylic acids is 1. The number of nitrogens with one attached hydrogen (secondary N) is 1. The second kappa shape index (κ2) is 6.57. The zero-order chi connectivity index (χ0) is 17.4. The number of rotatable bonds is 5. The molecule has 0 radical (unpaired) electrons. The van der Waals surface area contributed by atoms with Gasteiger partial charge in [0.05, 0.1) is 17.0 Å². The number of aromatic nitrogens is 2. The maximum absolute atomic E-state index is 13.7. The maximum atomic E-state index is 13.7. The van der Waals surface area contributed by atoms with E-state index in [1.165, 1.54) is 29.5 Å². The van der Waals surface area contributed by atoms with Crippen molar-refractivity contribution in [2.24, 2.45) is 0 Å². The number of halogens is 2. The Morgan fingerprint density at radius 2 is 2.20 bits per heavy atom. The van der Waals surface area contributed by atoms with Crippen LogP contribution < -0.4 is 5.32 Å². The van der Waals surface area contributed by atoms with E-state index >= 15 is 0 Å². The second-order valence-electron chi connectivity index (χ2n) is 5.80. The van der Waals surface area contributed by atoms with Crippen molar-refractivity contribution in [3.8, 4) is 10.8 Å². The Morgan fingerprint density at radius 3 is 3.00 bits per heavy atom. The number of amides is 1. The van der Waals surface area contributed by atoms with E-state index in [0.717, 1.165) is 28.4 Å². The van der Waals surface area contributed by atoms with Crippen molar-refractivity contribution in [2.45, 2.75) is 25.3 Å². The molecule has 1 aliphatic rings. The lowest BCUT2D eigenvalue weighted by molar-refractivity contribution is 0.0947. The fourth-order valence-electron chi connectivity index (χ4n) is 2.36. The second-order valence-corrected chi connectivity index (χ2v) is 7.41. The van der Waals surface area contributed by atoms with Crippen molar-refractivity contribution in [3.05, 3.63) is 57.4 Å². The molecule has 25 heavy (non-hydrogen) atoms. The lowest BCUT2D eigenvalue weighted by atomic mass is 10.2. The fourth-order valence-corrected chi connectivity index (χ4v) is 3.41. The van der Waals surface area contributed by atoms with Crippen LogP contribution in [-0.4, -0.2) is 16.0 Å². The zero-order valence-electron chi connectivity index (χ0n) is 13.0. The van der Waals surface area contributed by atoms with E-state index in [-0.39, 0.29) is 12.1 Å². The Balaban J connectivity index is 1.42. The van der Waals surface area contributed by atoms with Gasteiger partial charge in [0.2, 0.25) is 0 Å². The molecule has 1 amide bonds. The molecule has 1 aromatic carbocycles. The van der Waals surface area contributed by atoms with Crippen molar-refractivity contribution in [3.63, 3.8) is 0 Å². The van der Waals surface area contributed by atoms with Crippen LogP contribution in [0.1, 0.15) is 39.8 Å². The largest absolute Gasteiger partial charge is 0.347 e. The number of thiophene rings is 1. The summed E-state index contributed by atoms with van der Waals surface area (Å²) in [6.45, 7) is 0.277. The molecule has 5 nitrogen and oxygen atoms in total. The van der Waals surface area contributed by atoms with Gasteiger partial charge in [0.15, 0.2) is 5.82 Å². The van der Waals surface area contributed by atoms with Crippen molar-refractivity contribution in [1.29, 1.82) is 0 Å². The third-order valence-electron chi connectivity index (χ3n) is 3.85. The summed E-state index contributed by atoms with van der Waals surface area (Å²) in [5.74, 6) is 0.569. The summed E-state index contributed by atoms with van der Waals surface area (Å²) in [5.41, 5.74) is -0.0738. The van der Waals surface area contributed by atoms with Gasteiger partial charge in [-0.2, -0.15) is 4.98 Å². The molecule has 1 N–H and O–H groups in total. The first-order chi connectivity index (χ1) is 12.1. The highest BCUT2D eigenvalue weighted by molar-refractivity contribution is 7.15. The van der Waals surface area contributed by atoms with Gasteiger partial charge in [0.1, 0.15) is 5.82 Å². The van der Waals surface area contributed by atoms with Crippen LogP contribution in [0.25, 0.3) is 10.8 Å². The summed E-state index contributed by atoms with van der Waals surface area (Å²) in [6.07, 6.45) is 2.22. The summed E-state index contributed by atoms with van der Waals surface area (Å²) in [6, 6.07) is 7.63. The topological polar surface area (TPSA) is 68.0 Å². The van der Waals surface area contributed by atoms with Crippen LogP contribution in [-0.2, 0) is 6.54 Å². The molecule has 2 aromatic heterocycles. The minimum absolute atomic E-state index is 0.0738. The predicted molar refractivity (Wildman–Crippen MR) is 92.2 cm³/mol. The van der Waals surface area contributed by atoms with Gasteiger partial charge in [-0.3, -0.25) is 4.79 Å². The van der Waals surface area contributed by atoms with E-state index in [1.54, 1.807) is 0 Å². The fraction of sp³-hybridized carbons (Fsp3) is 0.235. The quantitative estimate of drug-likeness (QED) is 0.715. The molecule has 0 atom stereocenters. The van der Waals surface area contributed by atoms with E-state index in [9.17, 15) is 9.18 Å². The van der Waals surface area contributed by atoms with Crippen molar-refractivity contribution >= 4 is 28.8 Å². The molecule has 0 spiro atoms. The van der Waals surface area contributed by atoms with Gasteiger partial charge in [-0.25, -0.2) is 4.39 Å². The molecule has 1 saturated carbocycles. The Morgan fingerprint density at radius 1 is 1.36 bits per heavy atom. The first-order valence-corrected chi connectivity index (χ1v) is 8.95. The lowest BCUT2D eigenvalue weighted by Crippen LogP contribution is -2.23. The highest BCUT2D eigenvalue weighted by atomic mass is 35.5. The average Bonchev–Trinajstić information content (AvgIpc) is 3.15. The molecule has 4 rings (SSSR count).